The summed E-state index contributed by atoms with van der Waals surface area (Å²) in [4.78, 5) is 0. The summed E-state index contributed by atoms with van der Waals surface area (Å²) in [6.45, 7) is 9.48. The van der Waals surface area contributed by atoms with E-state index in [1.807, 2.05) is 31.5 Å². The molecule has 6 heteroatoms. The fourth-order valence-corrected chi connectivity index (χ4v) is 3.45. The third kappa shape index (κ3) is 4.20. The van der Waals surface area contributed by atoms with E-state index in [0.717, 1.165) is 47.6 Å². The minimum Gasteiger partial charge on any atom is -0.363 e. The van der Waals surface area contributed by atoms with Crippen LogP contribution in [0.1, 0.15) is 53.2 Å². The standard InChI is InChI=1S/C22H26N6/c1-5-19-20(12-23)22(26-25-21(19)6-2)24-13-17-8-7-9-18(11-17)14-28-16(4)10-15(3)27-28/h7-11H,5-6,13-14H2,1-4H3,(H,24,26). The molecule has 0 aliphatic heterocycles. The Morgan fingerprint density at radius 2 is 1.86 bits per heavy atom. The lowest BCUT2D eigenvalue weighted by atomic mass is 10.0. The molecule has 0 amide bonds. The van der Waals surface area contributed by atoms with Crippen molar-refractivity contribution >= 4 is 5.82 Å². The maximum atomic E-state index is 9.62. The molecule has 0 saturated heterocycles. The van der Waals surface area contributed by atoms with Crippen LogP contribution in [0.15, 0.2) is 30.3 Å². The number of anilines is 1. The second-order valence-corrected chi connectivity index (χ2v) is 6.93. The van der Waals surface area contributed by atoms with Crippen LogP contribution in [0.25, 0.3) is 0 Å². The summed E-state index contributed by atoms with van der Waals surface area (Å²) < 4.78 is 2.01. The summed E-state index contributed by atoms with van der Waals surface area (Å²) in [6, 6.07) is 12.8. The number of nitrogens with one attached hydrogen (secondary N) is 1. The topological polar surface area (TPSA) is 79.4 Å². The third-order valence-corrected chi connectivity index (χ3v) is 4.84. The Labute approximate surface area is 166 Å². The number of hydrogen-bond donors (Lipinski definition) is 1. The molecular weight excluding hydrogens is 348 g/mol. The monoisotopic (exact) mass is 374 g/mol. The van der Waals surface area contributed by atoms with Gasteiger partial charge < -0.3 is 5.32 Å². The van der Waals surface area contributed by atoms with E-state index < -0.39 is 0 Å². The lowest BCUT2D eigenvalue weighted by Gasteiger charge is -2.12. The van der Waals surface area contributed by atoms with Gasteiger partial charge in [-0.2, -0.15) is 15.5 Å². The number of benzene rings is 1. The minimum atomic E-state index is 0.556. The van der Waals surface area contributed by atoms with Crippen LogP contribution in [-0.4, -0.2) is 20.0 Å². The lowest BCUT2D eigenvalue weighted by molar-refractivity contribution is 0.658. The van der Waals surface area contributed by atoms with Crippen molar-refractivity contribution < 1.29 is 0 Å². The zero-order valence-corrected chi connectivity index (χ0v) is 17.0. The highest BCUT2D eigenvalue weighted by molar-refractivity contribution is 5.56. The van der Waals surface area contributed by atoms with Gasteiger partial charge in [0.2, 0.25) is 0 Å². The molecule has 0 aliphatic rings. The molecule has 0 bridgehead atoms. The van der Waals surface area contributed by atoms with Crippen LogP contribution in [0, 0.1) is 25.2 Å². The highest BCUT2D eigenvalue weighted by Crippen LogP contribution is 2.20. The fourth-order valence-electron chi connectivity index (χ4n) is 3.45. The first-order valence-corrected chi connectivity index (χ1v) is 9.66. The highest BCUT2D eigenvalue weighted by Gasteiger charge is 2.14. The zero-order valence-electron chi connectivity index (χ0n) is 17.0. The molecule has 0 aliphatic carbocycles. The van der Waals surface area contributed by atoms with E-state index in [-0.39, 0.29) is 0 Å². The molecule has 144 valence electrons. The highest BCUT2D eigenvalue weighted by atomic mass is 15.3. The maximum absolute atomic E-state index is 9.62. The molecule has 0 radical (unpaired) electrons. The molecule has 28 heavy (non-hydrogen) atoms. The van der Waals surface area contributed by atoms with Crippen molar-refractivity contribution in [1.82, 2.24) is 20.0 Å². The zero-order chi connectivity index (χ0) is 20.1. The average Bonchev–Trinajstić information content (AvgIpc) is 3.02. The van der Waals surface area contributed by atoms with Crippen LogP contribution in [0.5, 0.6) is 0 Å². The SMILES string of the molecule is CCc1nnc(NCc2cccc(Cn3nc(C)cc3C)c2)c(C#N)c1CC. The normalized spacial score (nSPS) is 10.7. The number of nitriles is 1. The van der Waals surface area contributed by atoms with Gasteiger partial charge in [-0.05, 0) is 49.4 Å². The van der Waals surface area contributed by atoms with Crippen molar-refractivity contribution in [2.24, 2.45) is 0 Å². The number of rotatable bonds is 7. The van der Waals surface area contributed by atoms with Gasteiger partial charge in [0, 0.05) is 12.2 Å². The Hall–Kier alpha value is -3.20. The van der Waals surface area contributed by atoms with Gasteiger partial charge in [0.25, 0.3) is 0 Å². The average molecular weight is 374 g/mol. The van der Waals surface area contributed by atoms with Gasteiger partial charge >= 0.3 is 0 Å². The molecule has 3 aromatic rings. The van der Waals surface area contributed by atoms with Gasteiger partial charge in [-0.1, -0.05) is 38.1 Å². The largest absolute Gasteiger partial charge is 0.363 e. The molecule has 0 saturated carbocycles. The van der Waals surface area contributed by atoms with Gasteiger partial charge in [0.05, 0.1) is 17.9 Å². The maximum Gasteiger partial charge on any atom is 0.167 e. The molecule has 0 spiro atoms. The van der Waals surface area contributed by atoms with Crippen LogP contribution < -0.4 is 5.32 Å². The van der Waals surface area contributed by atoms with E-state index >= 15 is 0 Å². The first-order valence-electron chi connectivity index (χ1n) is 9.66. The van der Waals surface area contributed by atoms with E-state index in [1.165, 1.54) is 5.56 Å². The smallest absolute Gasteiger partial charge is 0.167 e. The van der Waals surface area contributed by atoms with E-state index in [9.17, 15) is 5.26 Å². The number of nitrogens with zero attached hydrogens (tertiary/aromatic N) is 5. The van der Waals surface area contributed by atoms with Gasteiger partial charge in [0.1, 0.15) is 11.6 Å². The summed E-state index contributed by atoms with van der Waals surface area (Å²) in [5, 5.41) is 26.0. The summed E-state index contributed by atoms with van der Waals surface area (Å²) in [6.07, 6.45) is 1.55. The van der Waals surface area contributed by atoms with Crippen LogP contribution in [0.4, 0.5) is 5.82 Å². The molecule has 0 atom stereocenters. The van der Waals surface area contributed by atoms with Gasteiger partial charge in [0.15, 0.2) is 5.82 Å². The number of hydrogen-bond acceptors (Lipinski definition) is 5. The summed E-state index contributed by atoms with van der Waals surface area (Å²) in [5.41, 5.74) is 6.98. The molecular formula is C22H26N6. The van der Waals surface area contributed by atoms with Crippen molar-refractivity contribution in [2.45, 2.75) is 53.6 Å². The lowest BCUT2D eigenvalue weighted by Crippen LogP contribution is -2.10. The Bertz CT molecular complexity index is 1010. The molecule has 2 aromatic heterocycles. The Morgan fingerprint density at radius 1 is 1.07 bits per heavy atom. The van der Waals surface area contributed by atoms with Crippen molar-refractivity contribution in [3.63, 3.8) is 0 Å². The van der Waals surface area contributed by atoms with Crippen LogP contribution in [-0.2, 0) is 25.9 Å². The second-order valence-electron chi connectivity index (χ2n) is 6.93. The summed E-state index contributed by atoms with van der Waals surface area (Å²) in [5.74, 6) is 0.556. The molecule has 0 unspecified atom stereocenters. The van der Waals surface area contributed by atoms with Crippen LogP contribution >= 0.6 is 0 Å². The van der Waals surface area contributed by atoms with E-state index in [2.05, 4.69) is 57.9 Å². The Morgan fingerprint density at radius 3 is 2.50 bits per heavy atom. The first-order chi connectivity index (χ1) is 13.5. The Kier molecular flexibility index (Phi) is 6.05. The van der Waals surface area contributed by atoms with Gasteiger partial charge in [-0.15, -0.1) is 5.10 Å². The molecule has 3 rings (SSSR count). The predicted molar refractivity (Wildman–Crippen MR) is 110 cm³/mol. The van der Waals surface area contributed by atoms with Crippen molar-refractivity contribution in [3.05, 3.63) is 69.7 Å². The summed E-state index contributed by atoms with van der Waals surface area (Å²) in [7, 11) is 0. The quantitative estimate of drug-likeness (QED) is 0.677. The second kappa shape index (κ2) is 8.66. The molecule has 1 aromatic carbocycles. The van der Waals surface area contributed by atoms with Crippen molar-refractivity contribution in [2.75, 3.05) is 5.32 Å². The van der Waals surface area contributed by atoms with Gasteiger partial charge in [-0.25, -0.2) is 0 Å². The predicted octanol–water partition coefficient (Wildman–Crippen LogP) is 3.95. The van der Waals surface area contributed by atoms with Crippen LogP contribution in [0.2, 0.25) is 0 Å². The van der Waals surface area contributed by atoms with E-state index in [4.69, 9.17) is 0 Å². The summed E-state index contributed by atoms with van der Waals surface area (Å²) >= 11 is 0. The fraction of sp³-hybridized carbons (Fsp3) is 0.364. The first kappa shape index (κ1) is 19.6. The van der Waals surface area contributed by atoms with Crippen molar-refractivity contribution in [1.29, 1.82) is 5.26 Å². The molecule has 0 fully saturated rings. The number of aryl methyl sites for hydroxylation is 3. The molecule has 6 nitrogen and oxygen atoms in total. The van der Waals surface area contributed by atoms with Crippen molar-refractivity contribution in [3.8, 4) is 6.07 Å². The van der Waals surface area contributed by atoms with Crippen LogP contribution in [0.3, 0.4) is 0 Å². The van der Waals surface area contributed by atoms with Gasteiger partial charge in [-0.3, -0.25) is 4.68 Å². The van der Waals surface area contributed by atoms with E-state index in [1.54, 1.807) is 0 Å². The Balaban J connectivity index is 1.77. The number of aromatic nitrogens is 4. The van der Waals surface area contributed by atoms with E-state index in [0.29, 0.717) is 17.9 Å². The molecule has 2 heterocycles. The minimum absolute atomic E-state index is 0.556. The third-order valence-electron chi connectivity index (χ3n) is 4.84. The molecule has 1 N–H and O–H groups in total.